The molecule has 1 amide bonds. The highest BCUT2D eigenvalue weighted by Crippen LogP contribution is 2.39. The van der Waals surface area contributed by atoms with Gasteiger partial charge in [0.1, 0.15) is 5.82 Å². The molecule has 1 aliphatic carbocycles. The molecule has 0 aromatic heterocycles. The van der Waals surface area contributed by atoms with Crippen LogP contribution in [0.3, 0.4) is 0 Å². The average Bonchev–Trinajstić information content (AvgIpc) is 3.72. The molecule has 2 aliphatic heterocycles. The largest absolute Gasteiger partial charge is 0.466 e. The Bertz CT molecular complexity index is 1010. The lowest BCUT2D eigenvalue weighted by Gasteiger charge is -2.38. The van der Waals surface area contributed by atoms with Crippen molar-refractivity contribution in [1.29, 1.82) is 0 Å². The van der Waals surface area contributed by atoms with Crippen molar-refractivity contribution in [2.75, 3.05) is 52.4 Å². The van der Waals surface area contributed by atoms with Crippen molar-refractivity contribution in [2.45, 2.75) is 50.3 Å². The van der Waals surface area contributed by atoms with Gasteiger partial charge in [0, 0.05) is 55.9 Å². The summed E-state index contributed by atoms with van der Waals surface area (Å²) in [6.07, 6.45) is 5.64. The molecule has 2 atom stereocenters. The third kappa shape index (κ3) is 7.42. The van der Waals surface area contributed by atoms with E-state index >= 15 is 0 Å². The van der Waals surface area contributed by atoms with Gasteiger partial charge in [0.15, 0.2) is 5.78 Å². The van der Waals surface area contributed by atoms with E-state index in [-0.39, 0.29) is 34.6 Å². The first-order valence-corrected chi connectivity index (χ1v) is 13.9. The lowest BCUT2D eigenvalue weighted by atomic mass is 9.93. The highest BCUT2D eigenvalue weighted by atomic mass is 32.1. The Kier molecular flexibility index (Phi) is 9.78. The molecular formula is C28H38FN3O4S. The van der Waals surface area contributed by atoms with Gasteiger partial charge >= 0.3 is 5.97 Å². The van der Waals surface area contributed by atoms with Crippen LogP contribution < -0.4 is 0 Å². The van der Waals surface area contributed by atoms with Gasteiger partial charge in [-0.15, -0.1) is 0 Å². The van der Waals surface area contributed by atoms with Gasteiger partial charge in [0.05, 0.1) is 19.2 Å². The van der Waals surface area contributed by atoms with E-state index < -0.39 is 6.04 Å². The summed E-state index contributed by atoms with van der Waals surface area (Å²) in [6, 6.07) is 6.00. The number of ether oxygens (including phenoxy) is 1. The molecule has 0 bridgehead atoms. The number of piperidine rings is 1. The number of piperazine rings is 1. The summed E-state index contributed by atoms with van der Waals surface area (Å²) < 4.78 is 19.7. The second-order valence-corrected chi connectivity index (χ2v) is 10.8. The molecule has 2 heterocycles. The average molecular weight is 532 g/mol. The number of Topliss-reactive ketones (excluding diaryl/α,β-unsaturated/α-hetero) is 1. The topological polar surface area (TPSA) is 70.2 Å². The van der Waals surface area contributed by atoms with Crippen molar-refractivity contribution >= 4 is 30.3 Å². The predicted octanol–water partition coefficient (Wildman–Crippen LogP) is 3.26. The minimum atomic E-state index is -0.585. The first-order valence-electron chi connectivity index (χ1n) is 13.4. The number of hydrogen-bond donors (Lipinski definition) is 1. The van der Waals surface area contributed by atoms with Crippen molar-refractivity contribution in [2.24, 2.45) is 5.92 Å². The maximum absolute atomic E-state index is 14.8. The zero-order valence-corrected chi connectivity index (χ0v) is 22.5. The van der Waals surface area contributed by atoms with E-state index in [2.05, 4.69) is 15.9 Å². The molecule has 7 nitrogen and oxygen atoms in total. The molecule has 1 aromatic carbocycles. The van der Waals surface area contributed by atoms with Crippen LogP contribution in [0.4, 0.5) is 4.39 Å². The molecule has 3 aliphatic rings. The van der Waals surface area contributed by atoms with Gasteiger partial charge in [-0.2, -0.15) is 12.6 Å². The van der Waals surface area contributed by atoms with Crippen LogP contribution in [0.5, 0.6) is 0 Å². The second kappa shape index (κ2) is 13.0. The number of likely N-dealkylation sites (tertiary alicyclic amines) is 1. The maximum Gasteiger partial charge on any atom is 0.305 e. The number of carbonyl (C=O) groups excluding carboxylic acids is 3. The molecule has 1 saturated carbocycles. The standard InChI is InChI=1S/C28H38FN3O4S/c1-2-36-26(34)8-5-13-30-16-17-31(25(33)19-30)14-11-21-18-32(15-12-24(21)37)27(28(35)20-9-10-20)22-6-3-4-7-23(22)29/h3-4,6-7,11,20,24,27,37H,2,5,8-10,12-19H2,1H3. The Morgan fingerprint density at radius 3 is 2.65 bits per heavy atom. The van der Waals surface area contributed by atoms with Gasteiger partial charge in [-0.25, -0.2) is 4.39 Å². The lowest BCUT2D eigenvalue weighted by molar-refractivity contribution is -0.143. The Hall–Kier alpha value is -2.23. The highest BCUT2D eigenvalue weighted by Gasteiger charge is 2.41. The van der Waals surface area contributed by atoms with E-state index in [0.717, 1.165) is 31.4 Å². The highest BCUT2D eigenvalue weighted by molar-refractivity contribution is 7.81. The van der Waals surface area contributed by atoms with Crippen molar-refractivity contribution in [3.63, 3.8) is 0 Å². The van der Waals surface area contributed by atoms with Crippen LogP contribution in [0.25, 0.3) is 0 Å². The fourth-order valence-electron chi connectivity index (χ4n) is 5.18. The molecule has 2 unspecified atom stereocenters. The summed E-state index contributed by atoms with van der Waals surface area (Å²) in [6.45, 7) is 6.31. The number of halogens is 1. The van der Waals surface area contributed by atoms with Gasteiger partial charge in [0.25, 0.3) is 0 Å². The number of rotatable bonds is 11. The predicted molar refractivity (Wildman–Crippen MR) is 143 cm³/mol. The third-order valence-electron chi connectivity index (χ3n) is 7.45. The molecular weight excluding hydrogens is 493 g/mol. The van der Waals surface area contributed by atoms with Crippen LogP contribution in [0.2, 0.25) is 0 Å². The molecule has 2 saturated heterocycles. The number of amides is 1. The summed E-state index contributed by atoms with van der Waals surface area (Å²) in [4.78, 5) is 43.6. The van der Waals surface area contributed by atoms with Crippen molar-refractivity contribution in [3.8, 4) is 0 Å². The van der Waals surface area contributed by atoms with Crippen molar-refractivity contribution in [1.82, 2.24) is 14.7 Å². The Morgan fingerprint density at radius 1 is 1.16 bits per heavy atom. The van der Waals surface area contributed by atoms with Gasteiger partial charge in [-0.05, 0) is 50.8 Å². The van der Waals surface area contributed by atoms with Gasteiger partial charge in [-0.3, -0.25) is 24.2 Å². The molecule has 3 fully saturated rings. The summed E-state index contributed by atoms with van der Waals surface area (Å²) in [5.41, 5.74) is 1.52. The minimum Gasteiger partial charge on any atom is -0.466 e. The van der Waals surface area contributed by atoms with Gasteiger partial charge in [-0.1, -0.05) is 24.3 Å². The van der Waals surface area contributed by atoms with E-state index in [1.165, 1.54) is 6.07 Å². The quantitative estimate of drug-likeness (QED) is 0.269. The number of hydrogen-bond acceptors (Lipinski definition) is 7. The fraction of sp³-hybridized carbons (Fsp3) is 0.607. The van der Waals surface area contributed by atoms with Crippen molar-refractivity contribution < 1.29 is 23.5 Å². The molecule has 4 rings (SSSR count). The van der Waals surface area contributed by atoms with Crippen LogP contribution in [-0.2, 0) is 19.1 Å². The molecule has 37 heavy (non-hydrogen) atoms. The van der Waals surface area contributed by atoms with Crippen LogP contribution in [-0.4, -0.2) is 90.0 Å². The molecule has 9 heteroatoms. The summed E-state index contributed by atoms with van der Waals surface area (Å²) in [7, 11) is 0. The minimum absolute atomic E-state index is 0.0250. The number of thiol groups is 1. The fourth-order valence-corrected chi connectivity index (χ4v) is 5.48. The zero-order valence-electron chi connectivity index (χ0n) is 21.6. The van der Waals surface area contributed by atoms with E-state index in [1.807, 2.05) is 4.90 Å². The number of nitrogens with zero attached hydrogens (tertiary/aromatic N) is 3. The first-order chi connectivity index (χ1) is 17.9. The van der Waals surface area contributed by atoms with Crippen LogP contribution in [0.1, 0.15) is 50.6 Å². The molecule has 0 N–H and O–H groups in total. The number of esters is 1. The van der Waals surface area contributed by atoms with Gasteiger partial charge in [0.2, 0.25) is 5.91 Å². The smallest absolute Gasteiger partial charge is 0.305 e. The Morgan fingerprint density at radius 2 is 1.95 bits per heavy atom. The number of ketones is 1. The SMILES string of the molecule is CCOC(=O)CCCN1CCN(CC=C2CN(C(C(=O)C3CC3)c3ccccc3F)CCC2S)C(=O)C1. The molecule has 0 radical (unpaired) electrons. The first kappa shape index (κ1) is 27.8. The summed E-state index contributed by atoms with van der Waals surface area (Å²) >= 11 is 4.78. The van der Waals surface area contributed by atoms with Crippen molar-refractivity contribution in [3.05, 3.63) is 47.3 Å². The summed E-state index contributed by atoms with van der Waals surface area (Å²) in [5.74, 6) is -0.340. The Labute approximate surface area is 224 Å². The number of carbonyl (C=O) groups is 3. The lowest BCUT2D eigenvalue weighted by Crippen LogP contribution is -2.50. The van der Waals surface area contributed by atoms with Crippen LogP contribution in [0.15, 0.2) is 35.9 Å². The van der Waals surface area contributed by atoms with E-state index in [4.69, 9.17) is 17.4 Å². The Balaban J connectivity index is 1.35. The van der Waals surface area contributed by atoms with Gasteiger partial charge < -0.3 is 9.64 Å². The van der Waals surface area contributed by atoms with E-state index in [1.54, 1.807) is 25.1 Å². The third-order valence-corrected chi connectivity index (χ3v) is 8.04. The monoisotopic (exact) mass is 531 g/mol. The number of benzene rings is 1. The normalized spacial score (nSPS) is 23.3. The maximum atomic E-state index is 14.8. The molecule has 202 valence electrons. The molecule has 1 aromatic rings. The van der Waals surface area contributed by atoms with E-state index in [0.29, 0.717) is 64.3 Å². The summed E-state index contributed by atoms with van der Waals surface area (Å²) in [5, 5.41) is 0.0489. The van der Waals surface area contributed by atoms with Crippen LogP contribution >= 0.6 is 12.6 Å². The second-order valence-electron chi connectivity index (χ2n) is 10.2. The zero-order chi connectivity index (χ0) is 26.4. The molecule has 0 spiro atoms. The van der Waals surface area contributed by atoms with E-state index in [9.17, 15) is 18.8 Å². The van der Waals surface area contributed by atoms with Crippen LogP contribution in [0, 0.1) is 11.7 Å².